The molecule has 26 heavy (non-hydrogen) atoms. The van der Waals surface area contributed by atoms with Crippen molar-refractivity contribution in [2.24, 2.45) is 5.10 Å². The predicted octanol–water partition coefficient (Wildman–Crippen LogP) is 1.27. The molecule has 8 nitrogen and oxygen atoms in total. The van der Waals surface area contributed by atoms with Crippen LogP contribution in [0.1, 0.15) is 19.3 Å². The second kappa shape index (κ2) is 6.24. The van der Waals surface area contributed by atoms with E-state index in [0.29, 0.717) is 12.1 Å². The molecule has 0 spiro atoms. The van der Waals surface area contributed by atoms with E-state index in [1.54, 1.807) is 12.3 Å². The Labute approximate surface area is 150 Å². The number of anilines is 1. The van der Waals surface area contributed by atoms with E-state index in [0.717, 1.165) is 10.9 Å². The van der Waals surface area contributed by atoms with Gasteiger partial charge in [0.15, 0.2) is 9.84 Å². The third-order valence-electron chi connectivity index (χ3n) is 4.72. The first-order valence-electron chi connectivity index (χ1n) is 8.40. The topological polar surface area (TPSA) is 112 Å². The number of rotatable bonds is 3. The molecule has 0 aliphatic carbocycles. The largest absolute Gasteiger partial charge is 0.361 e. The molecule has 1 fully saturated rings. The Bertz CT molecular complexity index is 1020. The molecule has 1 aromatic carbocycles. The van der Waals surface area contributed by atoms with Crippen LogP contribution in [0.3, 0.4) is 0 Å². The van der Waals surface area contributed by atoms with E-state index in [4.69, 9.17) is 0 Å². The highest BCUT2D eigenvalue weighted by molar-refractivity contribution is 7.91. The number of sulfone groups is 1. The summed E-state index contributed by atoms with van der Waals surface area (Å²) < 4.78 is 23.4. The Kier molecular flexibility index (Phi) is 4.03. The molecule has 9 heteroatoms. The number of nitrogens with one attached hydrogen (secondary N) is 2. The maximum absolute atomic E-state index is 12.6. The van der Waals surface area contributed by atoms with Crippen molar-refractivity contribution < 1.29 is 18.0 Å². The number of hydrogen-bond acceptors (Lipinski definition) is 5. The fourth-order valence-corrected chi connectivity index (χ4v) is 5.07. The zero-order valence-electron chi connectivity index (χ0n) is 13.9. The van der Waals surface area contributed by atoms with Gasteiger partial charge in [0.05, 0.1) is 23.2 Å². The first-order valence-corrected chi connectivity index (χ1v) is 10.2. The van der Waals surface area contributed by atoms with Crippen LogP contribution in [0.15, 0.2) is 35.6 Å². The Balaban J connectivity index is 1.56. The van der Waals surface area contributed by atoms with E-state index < -0.39 is 15.9 Å². The molecule has 0 saturated carbocycles. The smallest absolute Gasteiger partial charge is 0.271 e. The van der Waals surface area contributed by atoms with Crippen molar-refractivity contribution in [3.63, 3.8) is 0 Å². The van der Waals surface area contributed by atoms with Crippen molar-refractivity contribution in [3.05, 3.63) is 30.5 Å². The zero-order valence-corrected chi connectivity index (χ0v) is 14.8. The highest BCUT2D eigenvalue weighted by Gasteiger charge is 2.37. The highest BCUT2D eigenvalue weighted by Crippen LogP contribution is 2.24. The van der Waals surface area contributed by atoms with Gasteiger partial charge in [-0.15, -0.1) is 0 Å². The van der Waals surface area contributed by atoms with E-state index >= 15 is 0 Å². The summed E-state index contributed by atoms with van der Waals surface area (Å²) in [6, 6.07) is 6.92. The summed E-state index contributed by atoms with van der Waals surface area (Å²) in [7, 11) is -3.14. The van der Waals surface area contributed by atoms with Crippen LogP contribution >= 0.6 is 0 Å². The van der Waals surface area contributed by atoms with Gasteiger partial charge in [0.1, 0.15) is 5.71 Å². The molecule has 1 atom stereocenters. The first kappa shape index (κ1) is 16.8. The maximum atomic E-state index is 12.6. The van der Waals surface area contributed by atoms with Crippen LogP contribution in [0.5, 0.6) is 0 Å². The van der Waals surface area contributed by atoms with E-state index in [2.05, 4.69) is 15.4 Å². The van der Waals surface area contributed by atoms with Gasteiger partial charge < -0.3 is 10.3 Å². The maximum Gasteiger partial charge on any atom is 0.271 e. The van der Waals surface area contributed by atoms with Gasteiger partial charge in [0.25, 0.3) is 5.91 Å². The number of aromatic amines is 1. The zero-order chi connectivity index (χ0) is 18.3. The van der Waals surface area contributed by atoms with E-state index in [9.17, 15) is 18.0 Å². The average molecular weight is 374 g/mol. The van der Waals surface area contributed by atoms with Gasteiger partial charge in [-0.1, -0.05) is 6.07 Å². The number of hydrogen-bond donors (Lipinski definition) is 2. The fraction of sp³-hybridized carbons (Fsp3) is 0.353. The molecule has 1 saturated heterocycles. The molecule has 0 unspecified atom stereocenters. The minimum Gasteiger partial charge on any atom is -0.361 e. The van der Waals surface area contributed by atoms with Gasteiger partial charge >= 0.3 is 0 Å². The summed E-state index contributed by atoms with van der Waals surface area (Å²) in [5.74, 6) is -0.665. The lowest BCUT2D eigenvalue weighted by Crippen LogP contribution is -2.42. The third-order valence-corrected chi connectivity index (χ3v) is 6.47. The summed E-state index contributed by atoms with van der Waals surface area (Å²) in [6.07, 6.45) is 2.54. The lowest BCUT2D eigenvalue weighted by molar-refractivity contribution is -0.133. The Morgan fingerprint density at radius 1 is 1.27 bits per heavy atom. The van der Waals surface area contributed by atoms with Crippen LogP contribution in [0.4, 0.5) is 5.69 Å². The van der Waals surface area contributed by atoms with Crippen LogP contribution in [0, 0.1) is 0 Å². The second-order valence-electron chi connectivity index (χ2n) is 6.54. The fourth-order valence-electron chi connectivity index (χ4n) is 3.38. The van der Waals surface area contributed by atoms with Crippen molar-refractivity contribution >= 4 is 44.0 Å². The van der Waals surface area contributed by atoms with E-state index in [-0.39, 0.29) is 41.9 Å². The monoisotopic (exact) mass is 374 g/mol. The van der Waals surface area contributed by atoms with Crippen molar-refractivity contribution in [2.75, 3.05) is 16.8 Å². The van der Waals surface area contributed by atoms with Gasteiger partial charge in [0.2, 0.25) is 5.91 Å². The molecule has 2 aliphatic heterocycles. The molecular weight excluding hydrogens is 356 g/mol. The molecule has 1 aromatic heterocycles. The molecule has 2 aromatic rings. The van der Waals surface area contributed by atoms with Crippen molar-refractivity contribution in [3.8, 4) is 0 Å². The number of amides is 2. The number of carbonyl (C=O) groups is 2. The van der Waals surface area contributed by atoms with Crippen LogP contribution < -0.4 is 5.32 Å². The summed E-state index contributed by atoms with van der Waals surface area (Å²) in [4.78, 5) is 27.8. The van der Waals surface area contributed by atoms with Crippen molar-refractivity contribution in [1.29, 1.82) is 0 Å². The third kappa shape index (κ3) is 3.10. The second-order valence-corrected chi connectivity index (χ2v) is 8.77. The molecule has 0 bridgehead atoms. The Hall–Kier alpha value is -2.68. The van der Waals surface area contributed by atoms with Crippen molar-refractivity contribution in [2.45, 2.75) is 25.3 Å². The normalized spacial score (nSPS) is 22.5. The number of nitrogens with zero attached hydrogens (tertiary/aromatic N) is 2. The number of aromatic nitrogens is 1. The van der Waals surface area contributed by atoms with Crippen molar-refractivity contribution in [1.82, 2.24) is 9.99 Å². The van der Waals surface area contributed by atoms with E-state index in [1.807, 2.05) is 18.2 Å². The van der Waals surface area contributed by atoms with E-state index in [1.165, 1.54) is 5.01 Å². The molecule has 2 amide bonds. The lowest BCUT2D eigenvalue weighted by Gasteiger charge is -2.27. The first-order chi connectivity index (χ1) is 12.4. The van der Waals surface area contributed by atoms with Gasteiger partial charge in [-0.3, -0.25) is 9.59 Å². The minimum atomic E-state index is -3.14. The number of carbonyl (C=O) groups excluding carboxylic acids is 2. The molecule has 2 aliphatic rings. The summed E-state index contributed by atoms with van der Waals surface area (Å²) >= 11 is 0. The van der Waals surface area contributed by atoms with Gasteiger partial charge in [0, 0.05) is 29.9 Å². The van der Waals surface area contributed by atoms with Crippen LogP contribution in [0.2, 0.25) is 0 Å². The Morgan fingerprint density at radius 2 is 2.12 bits per heavy atom. The molecule has 0 radical (unpaired) electrons. The number of benzene rings is 1. The molecule has 3 heterocycles. The number of hydrazone groups is 1. The van der Waals surface area contributed by atoms with Gasteiger partial charge in [-0.2, -0.15) is 5.10 Å². The van der Waals surface area contributed by atoms with Crippen LogP contribution in [-0.4, -0.2) is 53.5 Å². The quantitative estimate of drug-likeness (QED) is 0.842. The molecular formula is C17H18N4O4S. The molecule has 2 N–H and O–H groups in total. The highest BCUT2D eigenvalue weighted by atomic mass is 32.2. The number of H-pyrrole nitrogens is 1. The summed E-state index contributed by atoms with van der Waals surface area (Å²) in [5.41, 5.74) is 1.80. The van der Waals surface area contributed by atoms with Crippen LogP contribution in [0.25, 0.3) is 10.9 Å². The lowest BCUT2D eigenvalue weighted by atomic mass is 10.1. The van der Waals surface area contributed by atoms with Gasteiger partial charge in [-0.25, -0.2) is 13.4 Å². The molecule has 136 valence electrons. The Morgan fingerprint density at radius 3 is 2.88 bits per heavy atom. The van der Waals surface area contributed by atoms with Crippen LogP contribution in [-0.2, 0) is 19.4 Å². The summed E-state index contributed by atoms with van der Waals surface area (Å²) in [6.45, 7) is 0. The standard InChI is InChI=1S/C17H18N4O4S/c22-16-5-4-15(20-21(16)11-7-9-26(24,25)10-11)17(23)19-14-3-1-2-13-12(14)6-8-18-13/h1-3,6,8,11,18H,4-5,7,9-10H2,(H,19,23)/t11-/m0/s1. The van der Waals surface area contributed by atoms with Gasteiger partial charge in [-0.05, 0) is 24.6 Å². The summed E-state index contributed by atoms with van der Waals surface area (Å²) in [5, 5.41) is 9.10. The SMILES string of the molecule is O=C(Nc1cccc2[nH]ccc12)C1=NN([C@H]2CCS(=O)(=O)C2)C(=O)CC1. The minimum absolute atomic E-state index is 0.0496. The average Bonchev–Trinajstić information content (AvgIpc) is 3.22. The number of fused-ring (bicyclic) bond motifs is 1. The molecule has 4 rings (SSSR count). The predicted molar refractivity (Wildman–Crippen MR) is 97.5 cm³/mol.